The number of benzene rings is 1. The summed E-state index contributed by atoms with van der Waals surface area (Å²) in [5.74, 6) is 0.894. The molecule has 0 aliphatic carbocycles. The molecule has 1 aliphatic rings. The second-order valence-electron chi connectivity index (χ2n) is 5.73. The highest BCUT2D eigenvalue weighted by Crippen LogP contribution is 2.39. The van der Waals surface area contributed by atoms with E-state index in [2.05, 4.69) is 32.2 Å². The summed E-state index contributed by atoms with van der Waals surface area (Å²) in [6.07, 6.45) is 4.05. The minimum Gasteiger partial charge on any atom is -0.497 e. The van der Waals surface area contributed by atoms with E-state index in [0.29, 0.717) is 6.04 Å². The van der Waals surface area contributed by atoms with Gasteiger partial charge < -0.3 is 9.64 Å². The van der Waals surface area contributed by atoms with Gasteiger partial charge in [0.25, 0.3) is 0 Å². The molecule has 122 valence electrons. The SMILES string of the molecule is COc1cccc([C@H]2CCCN2c2nnc(-c3ccccn3)s2)c1. The Kier molecular flexibility index (Phi) is 4.13. The molecule has 1 atom stereocenters. The predicted molar refractivity (Wildman–Crippen MR) is 95.5 cm³/mol. The van der Waals surface area contributed by atoms with E-state index in [-0.39, 0.29) is 0 Å². The van der Waals surface area contributed by atoms with Gasteiger partial charge >= 0.3 is 0 Å². The molecule has 0 unspecified atom stereocenters. The fourth-order valence-electron chi connectivity index (χ4n) is 3.12. The zero-order valence-electron chi connectivity index (χ0n) is 13.4. The van der Waals surface area contributed by atoms with E-state index in [4.69, 9.17) is 4.74 Å². The number of ether oxygens (including phenoxy) is 1. The van der Waals surface area contributed by atoms with Crippen LogP contribution < -0.4 is 9.64 Å². The van der Waals surface area contributed by atoms with Crippen LogP contribution in [0, 0.1) is 0 Å². The van der Waals surface area contributed by atoms with Crippen molar-refractivity contribution in [2.45, 2.75) is 18.9 Å². The molecule has 1 aliphatic heterocycles. The Morgan fingerprint density at radius 3 is 2.96 bits per heavy atom. The highest BCUT2D eigenvalue weighted by molar-refractivity contribution is 7.18. The Morgan fingerprint density at radius 1 is 1.17 bits per heavy atom. The fourth-order valence-corrected chi connectivity index (χ4v) is 4.01. The third-order valence-electron chi connectivity index (χ3n) is 4.28. The quantitative estimate of drug-likeness (QED) is 0.721. The minimum absolute atomic E-state index is 0.324. The first-order chi connectivity index (χ1) is 11.8. The minimum atomic E-state index is 0.324. The maximum Gasteiger partial charge on any atom is 0.209 e. The van der Waals surface area contributed by atoms with E-state index < -0.39 is 0 Å². The van der Waals surface area contributed by atoms with Crippen LogP contribution in [0.3, 0.4) is 0 Å². The highest BCUT2D eigenvalue weighted by atomic mass is 32.1. The summed E-state index contributed by atoms with van der Waals surface area (Å²) in [7, 11) is 1.70. The summed E-state index contributed by atoms with van der Waals surface area (Å²) in [4.78, 5) is 6.71. The Balaban J connectivity index is 1.62. The number of nitrogens with zero attached hydrogens (tertiary/aromatic N) is 4. The first kappa shape index (κ1) is 15.1. The maximum absolute atomic E-state index is 5.37. The largest absolute Gasteiger partial charge is 0.497 e. The predicted octanol–water partition coefficient (Wildman–Crippen LogP) is 3.95. The first-order valence-electron chi connectivity index (χ1n) is 8.00. The molecular weight excluding hydrogens is 320 g/mol. The zero-order chi connectivity index (χ0) is 16.4. The fraction of sp³-hybridized carbons (Fsp3) is 0.278. The van der Waals surface area contributed by atoms with Crippen LogP contribution in [0.2, 0.25) is 0 Å². The Bertz CT molecular complexity index is 821. The van der Waals surface area contributed by atoms with Gasteiger partial charge in [0, 0.05) is 12.7 Å². The van der Waals surface area contributed by atoms with Crippen molar-refractivity contribution in [1.29, 1.82) is 0 Å². The lowest BCUT2D eigenvalue weighted by molar-refractivity contribution is 0.414. The number of pyridine rings is 1. The van der Waals surface area contributed by atoms with Gasteiger partial charge in [-0.3, -0.25) is 4.98 Å². The summed E-state index contributed by atoms with van der Waals surface area (Å²) >= 11 is 1.60. The van der Waals surface area contributed by atoms with Crippen LogP contribution in [-0.4, -0.2) is 28.8 Å². The van der Waals surface area contributed by atoms with Gasteiger partial charge in [0.1, 0.15) is 11.4 Å². The third kappa shape index (κ3) is 2.85. The van der Waals surface area contributed by atoms with Crippen LogP contribution in [-0.2, 0) is 0 Å². The van der Waals surface area contributed by atoms with E-state index in [1.165, 1.54) is 5.56 Å². The van der Waals surface area contributed by atoms with Crippen LogP contribution in [0.1, 0.15) is 24.4 Å². The van der Waals surface area contributed by atoms with Gasteiger partial charge in [-0.05, 0) is 42.7 Å². The number of aromatic nitrogens is 3. The van der Waals surface area contributed by atoms with E-state index in [9.17, 15) is 0 Å². The van der Waals surface area contributed by atoms with Crippen LogP contribution in [0.15, 0.2) is 48.7 Å². The number of hydrogen-bond acceptors (Lipinski definition) is 6. The van der Waals surface area contributed by atoms with Gasteiger partial charge in [0.2, 0.25) is 5.13 Å². The summed E-state index contributed by atoms with van der Waals surface area (Å²) in [6.45, 7) is 0.999. The van der Waals surface area contributed by atoms with Crippen LogP contribution in [0.5, 0.6) is 5.75 Å². The van der Waals surface area contributed by atoms with E-state index in [1.54, 1.807) is 24.6 Å². The molecule has 0 N–H and O–H groups in total. The molecule has 0 amide bonds. The third-order valence-corrected chi connectivity index (χ3v) is 5.26. The van der Waals surface area contributed by atoms with E-state index in [0.717, 1.165) is 41.0 Å². The first-order valence-corrected chi connectivity index (χ1v) is 8.82. The average Bonchev–Trinajstić information content (AvgIpc) is 3.31. The summed E-state index contributed by atoms with van der Waals surface area (Å²) < 4.78 is 5.37. The van der Waals surface area contributed by atoms with Crippen LogP contribution in [0.25, 0.3) is 10.7 Å². The van der Waals surface area contributed by atoms with Gasteiger partial charge in [0.15, 0.2) is 5.01 Å². The molecule has 1 aromatic carbocycles. The molecule has 0 spiro atoms. The molecule has 6 heteroatoms. The van der Waals surface area contributed by atoms with Crippen molar-refractivity contribution >= 4 is 16.5 Å². The molecular formula is C18H18N4OS. The number of rotatable bonds is 4. The van der Waals surface area contributed by atoms with Gasteiger partial charge in [0.05, 0.1) is 13.2 Å². The lowest BCUT2D eigenvalue weighted by Gasteiger charge is -2.24. The summed E-state index contributed by atoms with van der Waals surface area (Å²) in [5, 5.41) is 10.6. The molecule has 1 saturated heterocycles. The molecule has 24 heavy (non-hydrogen) atoms. The lowest BCUT2D eigenvalue weighted by atomic mass is 10.0. The molecule has 2 aromatic heterocycles. The number of anilines is 1. The average molecular weight is 338 g/mol. The molecule has 3 heterocycles. The van der Waals surface area contributed by atoms with E-state index >= 15 is 0 Å². The van der Waals surface area contributed by atoms with Crippen molar-refractivity contribution in [2.24, 2.45) is 0 Å². The molecule has 1 fully saturated rings. The molecule has 3 aromatic rings. The monoisotopic (exact) mass is 338 g/mol. The second kappa shape index (κ2) is 6.57. The van der Waals surface area contributed by atoms with Crippen molar-refractivity contribution in [1.82, 2.24) is 15.2 Å². The van der Waals surface area contributed by atoms with Gasteiger partial charge in [-0.1, -0.05) is 29.5 Å². The Labute approximate surface area is 145 Å². The van der Waals surface area contributed by atoms with Crippen molar-refractivity contribution < 1.29 is 4.74 Å². The van der Waals surface area contributed by atoms with Gasteiger partial charge in [-0.25, -0.2) is 0 Å². The Hall–Kier alpha value is -2.47. The maximum atomic E-state index is 5.37. The van der Waals surface area contributed by atoms with Crippen LogP contribution in [0.4, 0.5) is 5.13 Å². The second-order valence-corrected chi connectivity index (χ2v) is 6.69. The number of methoxy groups -OCH3 is 1. The molecule has 0 bridgehead atoms. The van der Waals surface area contributed by atoms with Crippen molar-refractivity contribution in [3.05, 3.63) is 54.2 Å². The molecule has 0 radical (unpaired) electrons. The van der Waals surface area contributed by atoms with Crippen LogP contribution >= 0.6 is 11.3 Å². The molecule has 4 rings (SSSR count). The summed E-state index contributed by atoms with van der Waals surface area (Å²) in [6, 6.07) is 14.5. The summed E-state index contributed by atoms with van der Waals surface area (Å²) in [5.41, 5.74) is 2.14. The molecule has 5 nitrogen and oxygen atoms in total. The molecule has 0 saturated carbocycles. The van der Waals surface area contributed by atoms with E-state index in [1.807, 2.05) is 30.3 Å². The van der Waals surface area contributed by atoms with Gasteiger partial charge in [-0.15, -0.1) is 10.2 Å². The standard InChI is InChI=1S/C18H18N4OS/c1-23-14-7-4-6-13(12-14)16-9-5-11-22(16)18-21-20-17(24-18)15-8-2-3-10-19-15/h2-4,6-8,10,12,16H,5,9,11H2,1H3/t16-/m1/s1. The highest BCUT2D eigenvalue weighted by Gasteiger charge is 2.29. The smallest absolute Gasteiger partial charge is 0.209 e. The Morgan fingerprint density at radius 2 is 2.12 bits per heavy atom. The van der Waals surface area contributed by atoms with Gasteiger partial charge in [-0.2, -0.15) is 0 Å². The van der Waals surface area contributed by atoms with Crippen molar-refractivity contribution in [3.63, 3.8) is 0 Å². The van der Waals surface area contributed by atoms with Crippen molar-refractivity contribution in [2.75, 3.05) is 18.6 Å². The normalized spacial score (nSPS) is 17.2. The van der Waals surface area contributed by atoms with Crippen molar-refractivity contribution in [3.8, 4) is 16.5 Å². The lowest BCUT2D eigenvalue weighted by Crippen LogP contribution is -2.22. The number of hydrogen-bond donors (Lipinski definition) is 0. The zero-order valence-corrected chi connectivity index (χ0v) is 14.2. The topological polar surface area (TPSA) is 51.1 Å².